The Hall–Kier alpha value is -1.55. The van der Waals surface area contributed by atoms with E-state index in [1.54, 1.807) is 0 Å². The second-order valence-electron chi connectivity index (χ2n) is 3.82. The molecule has 0 aromatic heterocycles. The van der Waals surface area contributed by atoms with Gasteiger partial charge >= 0.3 is 5.97 Å². The maximum Gasteiger partial charge on any atom is 0.307 e. The largest absolute Gasteiger partial charge is 0.494 e. The second kappa shape index (κ2) is 6.91. The van der Waals surface area contributed by atoms with E-state index in [0.717, 1.165) is 11.3 Å². The average molecular weight is 237 g/mol. The molecule has 1 rings (SSSR count). The van der Waals surface area contributed by atoms with E-state index >= 15 is 0 Å². The number of benzene rings is 1. The van der Waals surface area contributed by atoms with Gasteiger partial charge in [0.05, 0.1) is 20.1 Å². The van der Waals surface area contributed by atoms with Crippen molar-refractivity contribution in [1.82, 2.24) is 0 Å². The van der Waals surface area contributed by atoms with Gasteiger partial charge in [0, 0.05) is 6.04 Å². The summed E-state index contributed by atoms with van der Waals surface area (Å²) in [5.74, 6) is 0.571. The maximum absolute atomic E-state index is 11.0. The van der Waals surface area contributed by atoms with Gasteiger partial charge in [0.1, 0.15) is 5.75 Å². The summed E-state index contributed by atoms with van der Waals surface area (Å²) in [6, 6.07) is 7.53. The first-order valence-electron chi connectivity index (χ1n) is 5.69. The summed E-state index contributed by atoms with van der Waals surface area (Å²) < 4.78 is 9.91. The molecule has 2 N–H and O–H groups in total. The van der Waals surface area contributed by atoms with Crippen molar-refractivity contribution in [3.05, 3.63) is 29.8 Å². The summed E-state index contributed by atoms with van der Waals surface area (Å²) in [6.45, 7) is 2.60. The first-order chi connectivity index (χ1) is 8.15. The molecule has 0 amide bonds. The fourth-order valence-corrected chi connectivity index (χ4v) is 1.56. The van der Waals surface area contributed by atoms with Crippen LogP contribution in [0.2, 0.25) is 0 Å². The molecule has 0 radical (unpaired) electrons. The average Bonchev–Trinajstić information content (AvgIpc) is 2.31. The fourth-order valence-electron chi connectivity index (χ4n) is 1.56. The molecule has 0 saturated carbocycles. The van der Waals surface area contributed by atoms with E-state index in [1.165, 1.54) is 7.11 Å². The van der Waals surface area contributed by atoms with Crippen LogP contribution in [-0.2, 0) is 16.0 Å². The van der Waals surface area contributed by atoms with Crippen molar-refractivity contribution in [3.63, 3.8) is 0 Å². The van der Waals surface area contributed by atoms with Gasteiger partial charge in [-0.25, -0.2) is 0 Å². The maximum atomic E-state index is 11.0. The first kappa shape index (κ1) is 13.5. The standard InChI is InChI=1S/C13H19NO3/c1-3-17-12-6-4-10(5-7-12)8-11(14)9-13(15)16-2/h4-7,11H,3,8-9,14H2,1-2H3. The van der Waals surface area contributed by atoms with Crippen molar-refractivity contribution in [1.29, 1.82) is 0 Å². The number of carbonyl (C=O) groups is 1. The monoisotopic (exact) mass is 237 g/mol. The van der Waals surface area contributed by atoms with E-state index in [4.69, 9.17) is 10.5 Å². The lowest BCUT2D eigenvalue weighted by atomic mass is 10.0. The van der Waals surface area contributed by atoms with Crippen LogP contribution in [0.3, 0.4) is 0 Å². The Morgan fingerprint density at radius 2 is 2.00 bits per heavy atom. The molecule has 4 nitrogen and oxygen atoms in total. The van der Waals surface area contributed by atoms with Crippen LogP contribution in [0.1, 0.15) is 18.9 Å². The normalized spacial score (nSPS) is 11.9. The zero-order chi connectivity index (χ0) is 12.7. The Balaban J connectivity index is 2.48. The van der Waals surface area contributed by atoms with E-state index in [9.17, 15) is 4.79 Å². The van der Waals surface area contributed by atoms with Crippen LogP contribution in [-0.4, -0.2) is 25.7 Å². The third-order valence-electron chi connectivity index (χ3n) is 2.39. The highest BCUT2D eigenvalue weighted by Crippen LogP contribution is 2.13. The molecular weight excluding hydrogens is 218 g/mol. The highest BCUT2D eigenvalue weighted by molar-refractivity contribution is 5.69. The third kappa shape index (κ3) is 4.87. The number of hydrogen-bond donors (Lipinski definition) is 1. The second-order valence-corrected chi connectivity index (χ2v) is 3.82. The molecule has 1 atom stereocenters. The number of esters is 1. The van der Waals surface area contributed by atoms with Gasteiger partial charge in [-0.3, -0.25) is 4.79 Å². The molecule has 0 aliphatic heterocycles. The number of hydrogen-bond acceptors (Lipinski definition) is 4. The topological polar surface area (TPSA) is 61.5 Å². The summed E-state index contributed by atoms with van der Waals surface area (Å²) in [5.41, 5.74) is 6.93. The van der Waals surface area contributed by atoms with Crippen molar-refractivity contribution < 1.29 is 14.3 Å². The number of nitrogens with two attached hydrogens (primary N) is 1. The van der Waals surface area contributed by atoms with Crippen molar-refractivity contribution in [2.24, 2.45) is 5.73 Å². The number of rotatable bonds is 6. The summed E-state index contributed by atoms with van der Waals surface area (Å²) in [7, 11) is 1.37. The Kier molecular flexibility index (Phi) is 5.49. The SMILES string of the molecule is CCOc1ccc(CC(N)CC(=O)OC)cc1. The van der Waals surface area contributed by atoms with E-state index in [0.29, 0.717) is 13.0 Å². The fraction of sp³-hybridized carbons (Fsp3) is 0.462. The molecule has 94 valence electrons. The minimum absolute atomic E-state index is 0.208. The lowest BCUT2D eigenvalue weighted by molar-refractivity contribution is -0.140. The minimum atomic E-state index is -0.275. The molecular formula is C13H19NO3. The van der Waals surface area contributed by atoms with Crippen LogP contribution < -0.4 is 10.5 Å². The number of ether oxygens (including phenoxy) is 2. The van der Waals surface area contributed by atoms with Crippen molar-refractivity contribution in [3.8, 4) is 5.75 Å². The van der Waals surface area contributed by atoms with Gasteiger partial charge in [0.25, 0.3) is 0 Å². The van der Waals surface area contributed by atoms with Gasteiger partial charge in [-0.15, -0.1) is 0 Å². The van der Waals surface area contributed by atoms with Gasteiger partial charge < -0.3 is 15.2 Å². The summed E-state index contributed by atoms with van der Waals surface area (Å²) in [4.78, 5) is 11.0. The van der Waals surface area contributed by atoms with Gasteiger partial charge in [-0.2, -0.15) is 0 Å². The molecule has 0 spiro atoms. The van der Waals surface area contributed by atoms with E-state index < -0.39 is 0 Å². The highest BCUT2D eigenvalue weighted by atomic mass is 16.5. The molecule has 0 heterocycles. The molecule has 0 saturated heterocycles. The molecule has 1 unspecified atom stereocenters. The van der Waals surface area contributed by atoms with Gasteiger partial charge in [0.15, 0.2) is 0 Å². The van der Waals surface area contributed by atoms with Crippen LogP contribution >= 0.6 is 0 Å². The smallest absolute Gasteiger partial charge is 0.307 e. The van der Waals surface area contributed by atoms with Gasteiger partial charge in [-0.1, -0.05) is 12.1 Å². The van der Waals surface area contributed by atoms with Crippen molar-refractivity contribution in [2.45, 2.75) is 25.8 Å². The Morgan fingerprint density at radius 3 is 2.53 bits per heavy atom. The predicted octanol–water partition coefficient (Wildman–Crippen LogP) is 1.52. The lowest BCUT2D eigenvalue weighted by Gasteiger charge is -2.10. The molecule has 17 heavy (non-hydrogen) atoms. The zero-order valence-corrected chi connectivity index (χ0v) is 10.3. The Bertz CT molecular complexity index is 348. The molecule has 1 aromatic carbocycles. The van der Waals surface area contributed by atoms with Crippen LogP contribution in [0.5, 0.6) is 5.75 Å². The third-order valence-corrected chi connectivity index (χ3v) is 2.39. The van der Waals surface area contributed by atoms with Gasteiger partial charge in [0.2, 0.25) is 0 Å². The lowest BCUT2D eigenvalue weighted by Crippen LogP contribution is -2.26. The molecule has 0 aliphatic rings. The summed E-state index contributed by atoms with van der Waals surface area (Å²) in [5, 5.41) is 0. The molecule has 0 fully saturated rings. The molecule has 1 aromatic rings. The van der Waals surface area contributed by atoms with E-state index in [-0.39, 0.29) is 18.4 Å². The van der Waals surface area contributed by atoms with Crippen molar-refractivity contribution >= 4 is 5.97 Å². The summed E-state index contributed by atoms with van der Waals surface area (Å²) >= 11 is 0. The zero-order valence-electron chi connectivity index (χ0n) is 10.3. The number of methoxy groups -OCH3 is 1. The Morgan fingerprint density at radius 1 is 1.35 bits per heavy atom. The number of carbonyl (C=O) groups excluding carboxylic acids is 1. The van der Waals surface area contributed by atoms with E-state index in [1.807, 2.05) is 31.2 Å². The van der Waals surface area contributed by atoms with Crippen molar-refractivity contribution in [2.75, 3.05) is 13.7 Å². The van der Waals surface area contributed by atoms with Crippen LogP contribution in [0.25, 0.3) is 0 Å². The summed E-state index contributed by atoms with van der Waals surface area (Å²) in [6.07, 6.45) is 0.894. The van der Waals surface area contributed by atoms with Crippen LogP contribution in [0.4, 0.5) is 0 Å². The van der Waals surface area contributed by atoms with E-state index in [2.05, 4.69) is 4.74 Å². The Labute approximate surface area is 102 Å². The van der Waals surface area contributed by atoms with Crippen LogP contribution in [0.15, 0.2) is 24.3 Å². The molecule has 4 heteroatoms. The molecule has 0 bridgehead atoms. The minimum Gasteiger partial charge on any atom is -0.494 e. The molecule has 0 aliphatic carbocycles. The van der Waals surface area contributed by atoms with Crippen LogP contribution in [0, 0.1) is 0 Å². The highest BCUT2D eigenvalue weighted by Gasteiger charge is 2.10. The quantitative estimate of drug-likeness (QED) is 0.762. The van der Waals surface area contributed by atoms with Gasteiger partial charge in [-0.05, 0) is 31.0 Å². The predicted molar refractivity (Wildman–Crippen MR) is 65.9 cm³/mol. The first-order valence-corrected chi connectivity index (χ1v) is 5.69.